The average Bonchev–Trinajstić information content (AvgIpc) is 2.86. The summed E-state index contributed by atoms with van der Waals surface area (Å²) in [4.78, 5) is 38.9. The molecule has 36 heavy (non-hydrogen) atoms. The smallest absolute Gasteiger partial charge is 0.335 e. The Balaban J connectivity index is 1.54. The molecular weight excluding hydrogens is 484 g/mol. The SMILES string of the molecule is COc1cc(/C=C2/C(=O)NC(=O)N(c3ccc(C)cc3)C2=O)cc(Cl)c1OCCOc1ccccc1. The van der Waals surface area contributed by atoms with Gasteiger partial charge in [0.2, 0.25) is 0 Å². The summed E-state index contributed by atoms with van der Waals surface area (Å²) in [6, 6.07) is 18.4. The van der Waals surface area contributed by atoms with Crippen LogP contribution in [-0.4, -0.2) is 38.2 Å². The van der Waals surface area contributed by atoms with Crippen molar-refractivity contribution in [3.63, 3.8) is 0 Å². The zero-order valence-electron chi connectivity index (χ0n) is 19.6. The van der Waals surface area contributed by atoms with Crippen molar-refractivity contribution in [1.82, 2.24) is 5.32 Å². The third-order valence-electron chi connectivity index (χ3n) is 5.30. The van der Waals surface area contributed by atoms with Gasteiger partial charge in [-0.25, -0.2) is 9.69 Å². The number of hydrogen-bond donors (Lipinski definition) is 1. The number of barbiturate groups is 1. The minimum atomic E-state index is -0.817. The molecule has 9 heteroatoms. The van der Waals surface area contributed by atoms with Gasteiger partial charge in [0.1, 0.15) is 24.5 Å². The lowest BCUT2D eigenvalue weighted by Gasteiger charge is -2.26. The van der Waals surface area contributed by atoms with Gasteiger partial charge in [0.05, 0.1) is 17.8 Å². The highest BCUT2D eigenvalue weighted by atomic mass is 35.5. The summed E-state index contributed by atoms with van der Waals surface area (Å²) < 4.78 is 16.8. The fraction of sp³-hybridized carbons (Fsp3) is 0.148. The second-order valence-electron chi connectivity index (χ2n) is 7.84. The number of urea groups is 1. The largest absolute Gasteiger partial charge is 0.493 e. The van der Waals surface area contributed by atoms with Crippen molar-refractivity contribution < 1.29 is 28.6 Å². The number of carbonyl (C=O) groups is 3. The molecule has 4 amide bonds. The molecule has 1 aliphatic rings. The van der Waals surface area contributed by atoms with Gasteiger partial charge in [0.15, 0.2) is 11.5 Å². The van der Waals surface area contributed by atoms with Gasteiger partial charge in [-0.3, -0.25) is 14.9 Å². The maximum absolute atomic E-state index is 13.1. The molecule has 1 aliphatic heterocycles. The number of rotatable bonds is 8. The second kappa shape index (κ2) is 11.0. The van der Waals surface area contributed by atoms with E-state index in [0.29, 0.717) is 22.7 Å². The van der Waals surface area contributed by atoms with Gasteiger partial charge in [-0.15, -0.1) is 0 Å². The lowest BCUT2D eigenvalue weighted by atomic mass is 10.1. The summed E-state index contributed by atoms with van der Waals surface area (Å²) >= 11 is 6.44. The van der Waals surface area contributed by atoms with E-state index in [4.69, 9.17) is 25.8 Å². The van der Waals surface area contributed by atoms with Gasteiger partial charge in [0, 0.05) is 0 Å². The first-order valence-electron chi connectivity index (χ1n) is 11.0. The first kappa shape index (κ1) is 24.8. The Morgan fingerprint density at radius 1 is 0.944 bits per heavy atom. The highest BCUT2D eigenvalue weighted by molar-refractivity contribution is 6.39. The Morgan fingerprint density at radius 3 is 2.33 bits per heavy atom. The van der Waals surface area contributed by atoms with E-state index in [1.807, 2.05) is 37.3 Å². The first-order valence-corrected chi connectivity index (χ1v) is 11.4. The van der Waals surface area contributed by atoms with Crippen LogP contribution in [0.5, 0.6) is 17.2 Å². The van der Waals surface area contributed by atoms with Crippen molar-refractivity contribution in [2.45, 2.75) is 6.92 Å². The maximum atomic E-state index is 13.1. The molecule has 3 aromatic rings. The molecule has 4 rings (SSSR count). The zero-order chi connectivity index (χ0) is 25.7. The Bertz CT molecular complexity index is 1320. The van der Waals surface area contributed by atoms with Crippen molar-refractivity contribution in [3.8, 4) is 17.2 Å². The third kappa shape index (κ3) is 5.50. The molecule has 0 saturated carbocycles. The molecule has 0 unspecified atom stereocenters. The van der Waals surface area contributed by atoms with Gasteiger partial charge in [-0.05, 0) is 55.0 Å². The van der Waals surface area contributed by atoms with Gasteiger partial charge in [0.25, 0.3) is 11.8 Å². The molecule has 1 N–H and O–H groups in total. The van der Waals surface area contributed by atoms with Crippen molar-refractivity contribution in [2.24, 2.45) is 0 Å². The van der Waals surface area contributed by atoms with E-state index in [2.05, 4.69) is 5.32 Å². The van der Waals surface area contributed by atoms with Gasteiger partial charge in [-0.1, -0.05) is 47.5 Å². The van der Waals surface area contributed by atoms with Crippen molar-refractivity contribution in [3.05, 3.63) is 88.5 Å². The molecule has 0 aliphatic carbocycles. The fourth-order valence-corrected chi connectivity index (χ4v) is 3.81. The van der Waals surface area contributed by atoms with Crippen molar-refractivity contribution >= 4 is 41.2 Å². The van der Waals surface area contributed by atoms with Gasteiger partial charge >= 0.3 is 6.03 Å². The minimum Gasteiger partial charge on any atom is -0.493 e. The van der Waals surface area contributed by atoms with E-state index < -0.39 is 17.8 Å². The number of benzene rings is 3. The molecule has 1 heterocycles. The normalized spacial score (nSPS) is 14.6. The molecule has 184 valence electrons. The van der Waals surface area contributed by atoms with Crippen molar-refractivity contribution in [2.75, 3.05) is 25.2 Å². The third-order valence-corrected chi connectivity index (χ3v) is 5.58. The molecule has 0 aromatic heterocycles. The second-order valence-corrected chi connectivity index (χ2v) is 8.24. The van der Waals surface area contributed by atoms with Crippen LogP contribution in [0.4, 0.5) is 10.5 Å². The number of amides is 4. The van der Waals surface area contributed by atoms with Crippen LogP contribution in [0.15, 0.2) is 72.3 Å². The molecule has 0 atom stereocenters. The van der Waals surface area contributed by atoms with Crippen LogP contribution in [-0.2, 0) is 9.59 Å². The highest BCUT2D eigenvalue weighted by Crippen LogP contribution is 2.37. The molecule has 0 spiro atoms. The van der Waals surface area contributed by atoms with E-state index in [0.717, 1.165) is 16.2 Å². The Labute approximate surface area is 213 Å². The molecule has 8 nitrogen and oxygen atoms in total. The first-order chi connectivity index (χ1) is 17.4. The Morgan fingerprint density at radius 2 is 1.64 bits per heavy atom. The molecular formula is C27H23ClN2O6. The fourth-order valence-electron chi connectivity index (χ4n) is 3.54. The summed E-state index contributed by atoms with van der Waals surface area (Å²) in [6.07, 6.45) is 1.35. The van der Waals surface area contributed by atoms with Crippen LogP contribution in [0, 0.1) is 6.92 Å². The number of anilines is 1. The van der Waals surface area contributed by atoms with Crippen LogP contribution < -0.4 is 24.4 Å². The summed E-state index contributed by atoms with van der Waals surface area (Å²) in [5.74, 6) is -0.226. The van der Waals surface area contributed by atoms with Crippen LogP contribution >= 0.6 is 11.6 Å². The highest BCUT2D eigenvalue weighted by Gasteiger charge is 2.36. The number of carbonyl (C=O) groups excluding carboxylic acids is 3. The van der Waals surface area contributed by atoms with E-state index in [1.54, 1.807) is 30.3 Å². The number of para-hydroxylation sites is 1. The molecule has 1 fully saturated rings. The number of aryl methyl sites for hydroxylation is 1. The monoisotopic (exact) mass is 506 g/mol. The lowest BCUT2D eigenvalue weighted by Crippen LogP contribution is -2.54. The standard InChI is InChI=1S/C27H23ClN2O6/c1-17-8-10-19(11-9-17)30-26(32)21(25(31)29-27(30)33)14-18-15-22(28)24(23(16-18)34-2)36-13-12-35-20-6-4-3-5-7-20/h3-11,14-16H,12-13H2,1-2H3,(H,29,31,33)/b21-14-. The zero-order valence-corrected chi connectivity index (χ0v) is 20.4. The molecule has 1 saturated heterocycles. The van der Waals surface area contributed by atoms with Gasteiger partial charge in [-0.2, -0.15) is 0 Å². The minimum absolute atomic E-state index is 0.208. The maximum Gasteiger partial charge on any atom is 0.335 e. The number of methoxy groups -OCH3 is 1. The van der Waals surface area contributed by atoms with E-state index >= 15 is 0 Å². The predicted octanol–water partition coefficient (Wildman–Crippen LogP) is 4.78. The average molecular weight is 507 g/mol. The number of nitrogens with one attached hydrogen (secondary N) is 1. The summed E-state index contributed by atoms with van der Waals surface area (Å²) in [5, 5.41) is 2.42. The summed E-state index contributed by atoms with van der Waals surface area (Å²) in [5.41, 5.74) is 1.50. The van der Waals surface area contributed by atoms with Crippen LogP contribution in [0.25, 0.3) is 6.08 Å². The van der Waals surface area contributed by atoms with Crippen LogP contribution in [0.1, 0.15) is 11.1 Å². The van der Waals surface area contributed by atoms with E-state index in [9.17, 15) is 14.4 Å². The number of hydrogen-bond acceptors (Lipinski definition) is 6. The quantitative estimate of drug-likeness (QED) is 0.268. The number of ether oxygens (including phenoxy) is 3. The lowest BCUT2D eigenvalue weighted by molar-refractivity contribution is -0.122. The van der Waals surface area contributed by atoms with Crippen LogP contribution in [0.2, 0.25) is 5.02 Å². The Hall–Kier alpha value is -4.30. The molecule has 3 aromatic carbocycles. The molecule has 0 bridgehead atoms. The molecule has 0 radical (unpaired) electrons. The summed E-state index contributed by atoms with van der Waals surface area (Å²) in [6.45, 7) is 2.38. The van der Waals surface area contributed by atoms with Crippen molar-refractivity contribution in [1.29, 1.82) is 0 Å². The number of imide groups is 2. The summed E-state index contributed by atoms with van der Waals surface area (Å²) in [7, 11) is 1.45. The van der Waals surface area contributed by atoms with Gasteiger partial charge < -0.3 is 14.2 Å². The topological polar surface area (TPSA) is 94.2 Å². The predicted molar refractivity (Wildman–Crippen MR) is 136 cm³/mol. The van der Waals surface area contributed by atoms with E-state index in [-0.39, 0.29) is 23.8 Å². The van der Waals surface area contributed by atoms with E-state index in [1.165, 1.54) is 19.3 Å². The van der Waals surface area contributed by atoms with Crippen LogP contribution in [0.3, 0.4) is 0 Å². The Kier molecular flexibility index (Phi) is 7.56. The number of nitrogens with zero attached hydrogens (tertiary/aromatic N) is 1. The number of halogens is 1.